The number of nitrogens with one attached hydrogen (secondary N) is 1. The molecule has 2 heterocycles. The van der Waals surface area contributed by atoms with E-state index < -0.39 is 0 Å². The Morgan fingerprint density at radius 3 is 2.86 bits per heavy atom. The molecule has 0 aromatic heterocycles. The summed E-state index contributed by atoms with van der Waals surface area (Å²) in [5.74, 6) is 0.883. The molecule has 2 aliphatic rings. The van der Waals surface area contributed by atoms with Crippen molar-refractivity contribution in [3.63, 3.8) is 0 Å². The summed E-state index contributed by atoms with van der Waals surface area (Å²) in [6, 6.07) is 9.58. The van der Waals surface area contributed by atoms with E-state index in [0.29, 0.717) is 11.6 Å². The summed E-state index contributed by atoms with van der Waals surface area (Å²) in [6.07, 6.45) is 3.47. The third-order valence-corrected chi connectivity index (χ3v) is 5.24. The van der Waals surface area contributed by atoms with Crippen molar-refractivity contribution in [2.24, 2.45) is 10.1 Å². The van der Waals surface area contributed by atoms with Crippen LogP contribution >= 0.6 is 11.6 Å². The number of aliphatic imine (C=N–C) groups is 1. The molecular formula is C20H25ClN6O. The molecule has 0 bridgehead atoms. The molecule has 0 radical (unpaired) electrons. The molecule has 2 atom stereocenters. The van der Waals surface area contributed by atoms with Gasteiger partial charge in [0.15, 0.2) is 0 Å². The summed E-state index contributed by atoms with van der Waals surface area (Å²) < 4.78 is 0. The van der Waals surface area contributed by atoms with E-state index in [4.69, 9.17) is 21.7 Å². The van der Waals surface area contributed by atoms with Gasteiger partial charge in [-0.15, -0.1) is 0 Å². The Hall–Kier alpha value is -2.56. The Kier molecular flexibility index (Phi) is 6.90. The van der Waals surface area contributed by atoms with Crippen molar-refractivity contribution in [3.8, 4) is 6.07 Å². The highest BCUT2D eigenvalue weighted by molar-refractivity contribution is 6.30. The van der Waals surface area contributed by atoms with Gasteiger partial charge in [-0.1, -0.05) is 28.9 Å². The largest absolute Gasteiger partial charge is 0.391 e. The van der Waals surface area contributed by atoms with Crippen molar-refractivity contribution >= 4 is 23.5 Å². The zero-order chi connectivity index (χ0) is 19.9. The van der Waals surface area contributed by atoms with Gasteiger partial charge in [0.25, 0.3) is 0 Å². The molecule has 7 nitrogen and oxygen atoms in total. The average Bonchev–Trinajstić information content (AvgIpc) is 2.73. The first-order chi connectivity index (χ1) is 13.6. The Bertz CT molecular complexity index is 807. The first-order valence-corrected chi connectivity index (χ1v) is 9.74. The molecule has 1 aromatic carbocycles. The summed E-state index contributed by atoms with van der Waals surface area (Å²) in [7, 11) is 0. The van der Waals surface area contributed by atoms with Crippen LogP contribution in [-0.4, -0.2) is 60.0 Å². The number of piperazine rings is 1. The van der Waals surface area contributed by atoms with Gasteiger partial charge in [0, 0.05) is 49.7 Å². The summed E-state index contributed by atoms with van der Waals surface area (Å²) in [6.45, 7) is 8.13. The van der Waals surface area contributed by atoms with Crippen molar-refractivity contribution in [2.45, 2.75) is 32.5 Å². The van der Waals surface area contributed by atoms with E-state index in [0.717, 1.165) is 43.3 Å². The molecule has 1 N–H and O–H groups in total. The maximum Gasteiger partial charge on any atom is 0.150 e. The van der Waals surface area contributed by atoms with Gasteiger partial charge in [-0.3, -0.25) is 4.90 Å². The zero-order valence-corrected chi connectivity index (χ0v) is 16.9. The van der Waals surface area contributed by atoms with Gasteiger partial charge in [0.05, 0.1) is 11.8 Å². The minimum Gasteiger partial charge on any atom is -0.391 e. The number of hydrogen-bond acceptors (Lipinski definition) is 7. The van der Waals surface area contributed by atoms with Crippen LogP contribution in [0.25, 0.3) is 0 Å². The van der Waals surface area contributed by atoms with E-state index in [9.17, 15) is 0 Å². The normalized spacial score (nSPS) is 21.5. The predicted octanol–water partition coefficient (Wildman–Crippen LogP) is 2.60. The van der Waals surface area contributed by atoms with Crippen LogP contribution in [0, 0.1) is 11.3 Å². The molecule has 2 aliphatic heterocycles. The molecule has 148 valence electrons. The van der Waals surface area contributed by atoms with Crippen molar-refractivity contribution in [2.75, 3.05) is 26.2 Å². The van der Waals surface area contributed by atoms with Crippen LogP contribution in [0.1, 0.15) is 19.4 Å². The van der Waals surface area contributed by atoms with E-state index in [-0.39, 0.29) is 12.1 Å². The second-order valence-corrected chi connectivity index (χ2v) is 7.33. The van der Waals surface area contributed by atoms with E-state index in [2.05, 4.69) is 38.3 Å². The van der Waals surface area contributed by atoms with Crippen LogP contribution in [0.15, 0.2) is 46.4 Å². The maximum absolute atomic E-state index is 8.89. The molecular weight excluding hydrogens is 376 g/mol. The van der Waals surface area contributed by atoms with E-state index in [1.807, 2.05) is 37.4 Å². The van der Waals surface area contributed by atoms with Crippen LogP contribution in [0.5, 0.6) is 0 Å². The summed E-state index contributed by atoms with van der Waals surface area (Å²) in [5.41, 5.74) is 1.95. The fourth-order valence-electron chi connectivity index (χ4n) is 3.15. The molecule has 1 fully saturated rings. The first kappa shape index (κ1) is 20.2. The van der Waals surface area contributed by atoms with Crippen molar-refractivity contribution in [3.05, 3.63) is 46.9 Å². The lowest BCUT2D eigenvalue weighted by Crippen LogP contribution is -2.51. The van der Waals surface area contributed by atoms with Crippen LogP contribution in [0.4, 0.5) is 0 Å². The second kappa shape index (κ2) is 9.58. The third-order valence-electron chi connectivity index (χ3n) is 5.01. The van der Waals surface area contributed by atoms with Gasteiger partial charge in [0.1, 0.15) is 18.5 Å². The average molecular weight is 401 g/mol. The molecule has 1 aromatic rings. The molecule has 1 saturated heterocycles. The standard InChI is InChI=1S/C20H25ClN6O/c1-15(25-28-14-17-4-3-5-18(21)10-17)16(2)26-6-8-27(9-7-26)20-13-23-19(11-22)12-24-20/h3-5,10,12-13,16,19,23H,6-9,14H2,1-2H3/b25-15+. The Balaban J connectivity index is 1.46. The fourth-order valence-corrected chi connectivity index (χ4v) is 3.37. The first-order valence-electron chi connectivity index (χ1n) is 9.36. The van der Waals surface area contributed by atoms with Gasteiger partial charge >= 0.3 is 0 Å². The molecule has 0 aliphatic carbocycles. The zero-order valence-electron chi connectivity index (χ0n) is 16.2. The van der Waals surface area contributed by atoms with Gasteiger partial charge in [0.2, 0.25) is 0 Å². The third kappa shape index (κ3) is 5.24. The molecule has 8 heteroatoms. The van der Waals surface area contributed by atoms with Crippen molar-refractivity contribution < 1.29 is 4.84 Å². The van der Waals surface area contributed by atoms with Crippen LogP contribution in [0.3, 0.4) is 0 Å². The Morgan fingerprint density at radius 2 is 2.21 bits per heavy atom. The minimum absolute atomic E-state index is 0.200. The smallest absolute Gasteiger partial charge is 0.150 e. The lowest BCUT2D eigenvalue weighted by atomic mass is 10.1. The summed E-state index contributed by atoms with van der Waals surface area (Å²) in [5, 5.41) is 16.9. The number of nitriles is 1. The lowest BCUT2D eigenvalue weighted by molar-refractivity contribution is 0.119. The molecule has 0 amide bonds. The Labute approximate surface area is 170 Å². The van der Waals surface area contributed by atoms with Crippen LogP contribution in [0.2, 0.25) is 5.02 Å². The van der Waals surface area contributed by atoms with E-state index >= 15 is 0 Å². The van der Waals surface area contributed by atoms with Gasteiger partial charge in [-0.05, 0) is 31.5 Å². The number of nitrogens with zero attached hydrogens (tertiary/aromatic N) is 5. The van der Waals surface area contributed by atoms with Gasteiger partial charge in [-0.2, -0.15) is 5.26 Å². The van der Waals surface area contributed by atoms with Crippen molar-refractivity contribution in [1.29, 1.82) is 5.26 Å². The topological polar surface area (TPSA) is 76.2 Å². The fraction of sp³-hybridized carbons (Fsp3) is 0.450. The lowest BCUT2D eigenvalue weighted by Gasteiger charge is -2.39. The number of oxime groups is 1. The highest BCUT2D eigenvalue weighted by Crippen LogP contribution is 2.15. The predicted molar refractivity (Wildman–Crippen MR) is 111 cm³/mol. The minimum atomic E-state index is -0.337. The summed E-state index contributed by atoms with van der Waals surface area (Å²) in [4.78, 5) is 14.5. The maximum atomic E-state index is 8.89. The number of benzene rings is 1. The molecule has 28 heavy (non-hydrogen) atoms. The SMILES string of the molecule is C/C(=N\OCc1cccc(Cl)c1)C(C)N1CCN(C2=CNC(C#N)C=N2)CC1. The molecule has 0 saturated carbocycles. The van der Waals surface area contributed by atoms with Crippen LogP contribution in [-0.2, 0) is 11.4 Å². The summed E-state index contributed by atoms with van der Waals surface area (Å²) >= 11 is 5.99. The quantitative estimate of drug-likeness (QED) is 0.586. The molecule has 3 rings (SSSR count). The van der Waals surface area contributed by atoms with Gasteiger partial charge < -0.3 is 15.1 Å². The monoisotopic (exact) mass is 400 g/mol. The molecule has 2 unspecified atom stereocenters. The number of hydrogen-bond donors (Lipinski definition) is 1. The van der Waals surface area contributed by atoms with E-state index in [1.54, 1.807) is 6.21 Å². The Morgan fingerprint density at radius 1 is 1.43 bits per heavy atom. The van der Waals surface area contributed by atoms with Gasteiger partial charge in [-0.25, -0.2) is 4.99 Å². The highest BCUT2D eigenvalue weighted by atomic mass is 35.5. The highest BCUT2D eigenvalue weighted by Gasteiger charge is 2.24. The second-order valence-electron chi connectivity index (χ2n) is 6.89. The molecule has 0 spiro atoms. The van der Waals surface area contributed by atoms with Crippen molar-refractivity contribution in [1.82, 2.24) is 15.1 Å². The number of halogens is 1. The van der Waals surface area contributed by atoms with Crippen LogP contribution < -0.4 is 5.32 Å². The van der Waals surface area contributed by atoms with E-state index in [1.165, 1.54) is 0 Å². The number of rotatable bonds is 6.